The van der Waals surface area contributed by atoms with E-state index in [1.165, 1.54) is 0 Å². The Morgan fingerprint density at radius 3 is 2.16 bits per heavy atom. The zero-order valence-electron chi connectivity index (χ0n) is 12.3. The van der Waals surface area contributed by atoms with Crippen LogP contribution in [0.15, 0.2) is 0 Å². The van der Waals surface area contributed by atoms with Crippen molar-refractivity contribution in [2.45, 2.75) is 53.0 Å². The number of carboxylic acid groups (broad SMARTS) is 1. The molecule has 106 valence electrons. The summed E-state index contributed by atoms with van der Waals surface area (Å²) in [7, 11) is 0. The van der Waals surface area contributed by atoms with Crippen molar-refractivity contribution in [2.24, 2.45) is 0 Å². The van der Waals surface area contributed by atoms with E-state index in [-0.39, 0.29) is 0 Å². The van der Waals surface area contributed by atoms with Gasteiger partial charge >= 0.3 is 5.97 Å². The van der Waals surface area contributed by atoms with Gasteiger partial charge in [0.1, 0.15) is 5.54 Å². The molecule has 1 heterocycles. The molecular formula is C13H22N4O2. The summed E-state index contributed by atoms with van der Waals surface area (Å²) >= 11 is 0. The van der Waals surface area contributed by atoms with Crippen LogP contribution in [0.1, 0.15) is 46.0 Å². The van der Waals surface area contributed by atoms with Crippen molar-refractivity contribution in [3.05, 3.63) is 11.4 Å². The number of aliphatic carboxylic acids is 1. The molecule has 0 unspecified atom stereocenters. The fourth-order valence-electron chi connectivity index (χ4n) is 1.94. The van der Waals surface area contributed by atoms with E-state index < -0.39 is 11.5 Å². The molecule has 0 aliphatic heterocycles. The molecule has 0 bridgehead atoms. The van der Waals surface area contributed by atoms with E-state index in [9.17, 15) is 9.90 Å². The van der Waals surface area contributed by atoms with Crippen molar-refractivity contribution in [1.82, 2.24) is 15.2 Å². The highest BCUT2D eigenvalue weighted by Crippen LogP contribution is 2.21. The molecule has 0 aromatic carbocycles. The Bertz CT molecular complexity index is 460. The van der Waals surface area contributed by atoms with Gasteiger partial charge in [0.05, 0.1) is 11.4 Å². The van der Waals surface area contributed by atoms with Crippen LogP contribution in [0, 0.1) is 0 Å². The van der Waals surface area contributed by atoms with E-state index in [1.807, 2.05) is 20.8 Å². The lowest BCUT2D eigenvalue weighted by Gasteiger charge is -2.34. The average Bonchev–Trinajstić information content (AvgIpc) is 2.38. The largest absolute Gasteiger partial charge is 0.480 e. The maximum Gasteiger partial charge on any atom is 0.329 e. The lowest BCUT2D eigenvalue weighted by molar-refractivity contribution is -0.142. The molecule has 0 aliphatic rings. The fourth-order valence-corrected chi connectivity index (χ4v) is 1.94. The minimum Gasteiger partial charge on any atom is -0.480 e. The number of carbonyl (C=O) groups is 1. The summed E-state index contributed by atoms with van der Waals surface area (Å²) in [4.78, 5) is 17.5. The van der Waals surface area contributed by atoms with Crippen LogP contribution in [0.4, 0.5) is 5.95 Å². The first kappa shape index (κ1) is 15.3. The third kappa shape index (κ3) is 3.00. The summed E-state index contributed by atoms with van der Waals surface area (Å²) in [6.45, 7) is 9.68. The summed E-state index contributed by atoms with van der Waals surface area (Å²) in [5.74, 6) is -0.528. The molecule has 0 atom stereocenters. The second-order valence-electron chi connectivity index (χ2n) is 4.82. The van der Waals surface area contributed by atoms with Crippen molar-refractivity contribution in [3.63, 3.8) is 0 Å². The molecule has 0 fully saturated rings. The monoisotopic (exact) mass is 266 g/mol. The molecule has 1 aromatic heterocycles. The maximum absolute atomic E-state index is 11.4. The third-order valence-electron chi connectivity index (χ3n) is 3.25. The number of rotatable bonds is 6. The van der Waals surface area contributed by atoms with Crippen molar-refractivity contribution in [2.75, 3.05) is 11.4 Å². The van der Waals surface area contributed by atoms with Gasteiger partial charge in [0, 0.05) is 6.54 Å². The van der Waals surface area contributed by atoms with Gasteiger partial charge in [0.2, 0.25) is 5.95 Å². The summed E-state index contributed by atoms with van der Waals surface area (Å²) in [6, 6.07) is 0. The van der Waals surface area contributed by atoms with Gasteiger partial charge in [-0.1, -0.05) is 13.8 Å². The molecule has 1 aromatic rings. The SMILES string of the molecule is CCc1nnc(N(CC)C(C)(C)C(=O)O)nc1CC. The molecule has 0 spiro atoms. The van der Waals surface area contributed by atoms with Crippen LogP contribution in [0.2, 0.25) is 0 Å². The molecule has 6 heteroatoms. The van der Waals surface area contributed by atoms with E-state index in [1.54, 1.807) is 18.7 Å². The Morgan fingerprint density at radius 1 is 1.16 bits per heavy atom. The number of anilines is 1. The van der Waals surface area contributed by atoms with E-state index in [0.29, 0.717) is 12.5 Å². The second-order valence-corrected chi connectivity index (χ2v) is 4.82. The first-order chi connectivity index (χ1) is 8.88. The Kier molecular flexibility index (Phi) is 4.80. The molecule has 1 rings (SSSR count). The van der Waals surface area contributed by atoms with Crippen LogP contribution < -0.4 is 4.90 Å². The Morgan fingerprint density at radius 2 is 1.74 bits per heavy atom. The van der Waals surface area contributed by atoms with Crippen LogP contribution in [0.25, 0.3) is 0 Å². The Hall–Kier alpha value is -1.72. The lowest BCUT2D eigenvalue weighted by Crippen LogP contribution is -2.51. The molecule has 0 amide bonds. The predicted octanol–water partition coefficient (Wildman–Crippen LogP) is 1.69. The minimum absolute atomic E-state index is 0.379. The number of likely N-dealkylation sites (N-methyl/N-ethyl adjacent to an activating group) is 1. The normalized spacial score (nSPS) is 11.4. The predicted molar refractivity (Wildman–Crippen MR) is 73.3 cm³/mol. The van der Waals surface area contributed by atoms with Crippen LogP contribution in [-0.4, -0.2) is 38.3 Å². The second kappa shape index (κ2) is 5.95. The zero-order chi connectivity index (χ0) is 14.6. The van der Waals surface area contributed by atoms with Gasteiger partial charge in [-0.05, 0) is 33.6 Å². The summed E-state index contributed by atoms with van der Waals surface area (Å²) in [6.07, 6.45) is 1.54. The van der Waals surface area contributed by atoms with Crippen molar-refractivity contribution in [1.29, 1.82) is 0 Å². The van der Waals surface area contributed by atoms with E-state index in [2.05, 4.69) is 15.2 Å². The highest BCUT2D eigenvalue weighted by atomic mass is 16.4. The number of hydrogen-bond acceptors (Lipinski definition) is 5. The summed E-state index contributed by atoms with van der Waals surface area (Å²) in [5, 5.41) is 17.6. The van der Waals surface area contributed by atoms with Gasteiger partial charge in [-0.15, -0.1) is 5.10 Å². The van der Waals surface area contributed by atoms with Crippen LogP contribution in [-0.2, 0) is 17.6 Å². The lowest BCUT2D eigenvalue weighted by atomic mass is 10.0. The highest BCUT2D eigenvalue weighted by molar-refractivity contribution is 5.81. The molecule has 0 saturated carbocycles. The Balaban J connectivity index is 3.23. The van der Waals surface area contributed by atoms with Crippen molar-refractivity contribution < 1.29 is 9.90 Å². The van der Waals surface area contributed by atoms with Gasteiger partial charge < -0.3 is 10.0 Å². The van der Waals surface area contributed by atoms with E-state index in [0.717, 1.165) is 24.2 Å². The number of carboxylic acids is 1. The number of aromatic nitrogens is 3. The molecule has 0 saturated heterocycles. The Labute approximate surface area is 113 Å². The average molecular weight is 266 g/mol. The molecular weight excluding hydrogens is 244 g/mol. The summed E-state index contributed by atoms with van der Waals surface area (Å²) in [5.41, 5.74) is 0.692. The van der Waals surface area contributed by atoms with Crippen LogP contribution >= 0.6 is 0 Å². The van der Waals surface area contributed by atoms with Gasteiger partial charge in [0.25, 0.3) is 0 Å². The summed E-state index contributed by atoms with van der Waals surface area (Å²) < 4.78 is 0. The third-order valence-corrected chi connectivity index (χ3v) is 3.25. The smallest absolute Gasteiger partial charge is 0.329 e. The maximum atomic E-state index is 11.4. The molecule has 6 nitrogen and oxygen atoms in total. The van der Waals surface area contributed by atoms with Crippen LogP contribution in [0.5, 0.6) is 0 Å². The van der Waals surface area contributed by atoms with Crippen LogP contribution in [0.3, 0.4) is 0 Å². The quantitative estimate of drug-likeness (QED) is 0.844. The number of aryl methyl sites for hydroxylation is 2. The van der Waals surface area contributed by atoms with Crippen molar-refractivity contribution in [3.8, 4) is 0 Å². The van der Waals surface area contributed by atoms with Gasteiger partial charge in [-0.25, -0.2) is 9.78 Å². The van der Waals surface area contributed by atoms with Crippen molar-refractivity contribution >= 4 is 11.9 Å². The van der Waals surface area contributed by atoms with Gasteiger partial charge in [0.15, 0.2) is 0 Å². The molecule has 19 heavy (non-hydrogen) atoms. The highest BCUT2D eigenvalue weighted by Gasteiger charge is 2.35. The number of hydrogen-bond donors (Lipinski definition) is 1. The topological polar surface area (TPSA) is 79.2 Å². The van der Waals surface area contributed by atoms with E-state index >= 15 is 0 Å². The fraction of sp³-hybridized carbons (Fsp3) is 0.692. The van der Waals surface area contributed by atoms with E-state index in [4.69, 9.17) is 0 Å². The molecule has 1 N–H and O–H groups in total. The molecule has 0 aliphatic carbocycles. The van der Waals surface area contributed by atoms with Gasteiger partial charge in [-0.3, -0.25) is 0 Å². The van der Waals surface area contributed by atoms with Gasteiger partial charge in [-0.2, -0.15) is 5.10 Å². The first-order valence-corrected chi connectivity index (χ1v) is 6.61. The standard InChI is InChI=1S/C13H22N4O2/c1-6-9-10(7-2)15-16-12(14-9)17(8-3)13(4,5)11(18)19/h6-8H2,1-5H3,(H,18,19). The minimum atomic E-state index is -1.06. The first-order valence-electron chi connectivity index (χ1n) is 6.61. The molecule has 0 radical (unpaired) electrons. The zero-order valence-corrected chi connectivity index (χ0v) is 12.3. The number of nitrogens with zero attached hydrogens (tertiary/aromatic N) is 4.